The molecule has 4 rings (SSSR count). The van der Waals surface area contributed by atoms with E-state index in [1.165, 1.54) is 25.7 Å². The van der Waals surface area contributed by atoms with Gasteiger partial charge in [0.15, 0.2) is 11.6 Å². The Morgan fingerprint density at radius 2 is 1.96 bits per heavy atom. The molecular formula is C19H22N4O. The second-order valence-corrected chi connectivity index (χ2v) is 6.81. The van der Waals surface area contributed by atoms with Crippen molar-refractivity contribution in [3.63, 3.8) is 0 Å². The fourth-order valence-corrected chi connectivity index (χ4v) is 2.64. The molecule has 5 nitrogen and oxygen atoms in total. The van der Waals surface area contributed by atoms with Gasteiger partial charge in [0.1, 0.15) is 11.6 Å². The number of nitrogens with one attached hydrogen (secondary N) is 1. The number of pyridine rings is 1. The van der Waals surface area contributed by atoms with Crippen LogP contribution in [0.25, 0.3) is 5.57 Å². The highest BCUT2D eigenvalue weighted by Gasteiger charge is 2.27. The number of hydrogen-bond acceptors (Lipinski definition) is 5. The normalized spacial score (nSPS) is 16.8. The molecule has 0 unspecified atom stereocenters. The van der Waals surface area contributed by atoms with Crippen molar-refractivity contribution in [2.75, 3.05) is 5.32 Å². The lowest BCUT2D eigenvalue weighted by molar-refractivity contribution is 0.475. The third-order valence-electron chi connectivity index (χ3n) is 4.36. The summed E-state index contributed by atoms with van der Waals surface area (Å²) in [6.45, 7) is 7.90. The number of hydrogen-bond donors (Lipinski definition) is 1. The fraction of sp³-hybridized carbons (Fsp3) is 0.421. The van der Waals surface area contributed by atoms with Crippen LogP contribution in [0.3, 0.4) is 0 Å². The van der Waals surface area contributed by atoms with Crippen LogP contribution in [0.1, 0.15) is 55.6 Å². The molecule has 2 aromatic rings. The Hall–Kier alpha value is -2.43. The van der Waals surface area contributed by atoms with Crippen LogP contribution in [-0.2, 0) is 0 Å². The predicted molar refractivity (Wildman–Crippen MR) is 94.4 cm³/mol. The highest BCUT2D eigenvalue weighted by Crippen LogP contribution is 2.42. The molecule has 2 saturated carbocycles. The number of anilines is 1. The van der Waals surface area contributed by atoms with E-state index in [0.717, 1.165) is 34.2 Å². The zero-order valence-electron chi connectivity index (χ0n) is 14.2. The Kier molecular flexibility index (Phi) is 3.71. The summed E-state index contributed by atoms with van der Waals surface area (Å²) in [5.41, 5.74) is 2.96. The molecule has 2 fully saturated rings. The predicted octanol–water partition coefficient (Wildman–Crippen LogP) is 4.46. The zero-order valence-corrected chi connectivity index (χ0v) is 14.2. The molecule has 124 valence electrons. The van der Waals surface area contributed by atoms with Crippen molar-refractivity contribution in [2.45, 2.75) is 51.5 Å². The molecule has 2 aliphatic rings. The van der Waals surface area contributed by atoms with Crippen molar-refractivity contribution in [1.82, 2.24) is 15.0 Å². The Morgan fingerprint density at radius 3 is 2.62 bits per heavy atom. The van der Waals surface area contributed by atoms with Crippen LogP contribution in [0.4, 0.5) is 5.82 Å². The molecule has 0 amide bonds. The maximum Gasteiger partial charge on any atom is 0.187 e. The molecule has 2 aliphatic carbocycles. The summed E-state index contributed by atoms with van der Waals surface area (Å²) in [6.07, 6.45) is 8.39. The van der Waals surface area contributed by atoms with Gasteiger partial charge in [0.05, 0.1) is 6.20 Å². The summed E-state index contributed by atoms with van der Waals surface area (Å²) >= 11 is 0. The van der Waals surface area contributed by atoms with E-state index in [0.29, 0.717) is 17.7 Å². The van der Waals surface area contributed by atoms with E-state index in [9.17, 15) is 0 Å². The van der Waals surface area contributed by atoms with Gasteiger partial charge >= 0.3 is 0 Å². The lowest BCUT2D eigenvalue weighted by atomic mass is 10.1. The molecule has 2 aromatic heterocycles. The number of allylic oxidation sites excluding steroid dienone is 1. The van der Waals surface area contributed by atoms with Gasteiger partial charge in [0.25, 0.3) is 0 Å². The SMILES string of the molecule is C=C(C)c1cnc(C2CC2)cc1Oc1cnc(C)nc1NC1CC1. The molecule has 0 aliphatic heterocycles. The largest absolute Gasteiger partial charge is 0.451 e. The lowest BCUT2D eigenvalue weighted by Crippen LogP contribution is -2.07. The molecule has 0 bridgehead atoms. The summed E-state index contributed by atoms with van der Waals surface area (Å²) in [5.74, 6) is 3.51. The van der Waals surface area contributed by atoms with Crippen molar-refractivity contribution in [3.8, 4) is 11.5 Å². The van der Waals surface area contributed by atoms with Crippen LogP contribution in [0, 0.1) is 6.92 Å². The van der Waals surface area contributed by atoms with Crippen molar-refractivity contribution in [3.05, 3.63) is 42.1 Å². The van der Waals surface area contributed by atoms with Crippen molar-refractivity contribution >= 4 is 11.4 Å². The van der Waals surface area contributed by atoms with E-state index in [4.69, 9.17) is 4.74 Å². The van der Waals surface area contributed by atoms with E-state index in [-0.39, 0.29) is 0 Å². The van der Waals surface area contributed by atoms with E-state index in [1.54, 1.807) is 6.20 Å². The Labute approximate surface area is 142 Å². The maximum atomic E-state index is 6.22. The minimum Gasteiger partial charge on any atom is -0.451 e. The molecule has 0 saturated heterocycles. The Bertz CT molecular complexity index is 794. The molecular weight excluding hydrogens is 300 g/mol. The van der Waals surface area contributed by atoms with E-state index in [1.807, 2.05) is 26.1 Å². The van der Waals surface area contributed by atoms with E-state index < -0.39 is 0 Å². The number of ether oxygens (including phenoxy) is 1. The number of rotatable bonds is 6. The molecule has 5 heteroatoms. The molecule has 24 heavy (non-hydrogen) atoms. The molecule has 2 heterocycles. The molecule has 0 atom stereocenters. The Morgan fingerprint density at radius 1 is 1.17 bits per heavy atom. The van der Waals surface area contributed by atoms with Gasteiger partial charge in [0.2, 0.25) is 0 Å². The van der Waals surface area contributed by atoms with Crippen LogP contribution in [0.2, 0.25) is 0 Å². The number of nitrogens with zero attached hydrogens (tertiary/aromatic N) is 3. The quantitative estimate of drug-likeness (QED) is 0.851. The van der Waals surface area contributed by atoms with E-state index in [2.05, 4.69) is 26.8 Å². The molecule has 0 spiro atoms. The highest BCUT2D eigenvalue weighted by atomic mass is 16.5. The highest BCUT2D eigenvalue weighted by molar-refractivity contribution is 5.67. The first-order chi connectivity index (χ1) is 11.6. The fourth-order valence-electron chi connectivity index (χ4n) is 2.64. The standard InChI is InChI=1S/C19H22N4O/c1-11(2)15-9-21-16(13-4-5-13)8-17(15)24-18-10-20-12(3)22-19(18)23-14-6-7-14/h8-10,13-14H,1,4-7H2,2-3H3,(H,20,22,23). The van der Waals surface area contributed by atoms with Gasteiger partial charge in [-0.1, -0.05) is 6.58 Å². The third kappa shape index (κ3) is 3.25. The minimum atomic E-state index is 0.502. The average molecular weight is 322 g/mol. The van der Waals surface area contributed by atoms with Crippen molar-refractivity contribution in [2.24, 2.45) is 0 Å². The molecule has 0 radical (unpaired) electrons. The summed E-state index contributed by atoms with van der Waals surface area (Å²) in [6, 6.07) is 2.55. The van der Waals surface area contributed by atoms with Gasteiger partial charge < -0.3 is 10.1 Å². The summed E-state index contributed by atoms with van der Waals surface area (Å²) < 4.78 is 6.22. The Balaban J connectivity index is 1.68. The van der Waals surface area contributed by atoms with E-state index >= 15 is 0 Å². The van der Waals surface area contributed by atoms with Crippen LogP contribution >= 0.6 is 0 Å². The van der Waals surface area contributed by atoms with Crippen molar-refractivity contribution < 1.29 is 4.74 Å². The minimum absolute atomic E-state index is 0.502. The van der Waals surface area contributed by atoms with Crippen LogP contribution < -0.4 is 10.1 Å². The van der Waals surface area contributed by atoms with Gasteiger partial charge in [-0.3, -0.25) is 4.98 Å². The van der Waals surface area contributed by atoms with Gasteiger partial charge in [-0.05, 0) is 45.1 Å². The monoisotopic (exact) mass is 322 g/mol. The third-order valence-corrected chi connectivity index (χ3v) is 4.36. The first-order valence-electron chi connectivity index (χ1n) is 8.54. The summed E-state index contributed by atoms with van der Waals surface area (Å²) in [5, 5.41) is 3.43. The van der Waals surface area contributed by atoms with Gasteiger partial charge in [-0.2, -0.15) is 0 Å². The van der Waals surface area contributed by atoms with Gasteiger partial charge in [-0.15, -0.1) is 0 Å². The smallest absolute Gasteiger partial charge is 0.187 e. The number of aryl methyl sites for hydroxylation is 1. The molecule has 1 N–H and O–H groups in total. The van der Waals surface area contributed by atoms with Gasteiger partial charge in [0, 0.05) is 35.5 Å². The maximum absolute atomic E-state index is 6.22. The van der Waals surface area contributed by atoms with Crippen LogP contribution in [-0.4, -0.2) is 21.0 Å². The second kappa shape index (κ2) is 5.89. The first kappa shape index (κ1) is 15.1. The summed E-state index contributed by atoms with van der Waals surface area (Å²) in [7, 11) is 0. The second-order valence-electron chi connectivity index (χ2n) is 6.81. The molecule has 0 aromatic carbocycles. The summed E-state index contributed by atoms with van der Waals surface area (Å²) in [4.78, 5) is 13.4. The lowest BCUT2D eigenvalue weighted by Gasteiger charge is -2.15. The first-order valence-corrected chi connectivity index (χ1v) is 8.54. The zero-order chi connectivity index (χ0) is 16.7. The van der Waals surface area contributed by atoms with Crippen molar-refractivity contribution in [1.29, 1.82) is 0 Å². The topological polar surface area (TPSA) is 59.9 Å². The average Bonchev–Trinajstić information content (AvgIpc) is 3.44. The van der Waals surface area contributed by atoms with Crippen LogP contribution in [0.15, 0.2) is 25.0 Å². The van der Waals surface area contributed by atoms with Crippen LogP contribution in [0.5, 0.6) is 11.5 Å². The van der Waals surface area contributed by atoms with Gasteiger partial charge in [-0.25, -0.2) is 9.97 Å². The number of aromatic nitrogens is 3.